The van der Waals surface area contributed by atoms with E-state index in [0.29, 0.717) is 0 Å². The van der Waals surface area contributed by atoms with Crippen LogP contribution in [0, 0.1) is 6.92 Å². The van der Waals surface area contributed by atoms with E-state index in [1.807, 2.05) is 12.3 Å². The fourth-order valence-corrected chi connectivity index (χ4v) is 6.22. The number of pyridine rings is 1. The summed E-state index contributed by atoms with van der Waals surface area (Å²) in [6, 6.07) is 50.0. The molecule has 0 spiro atoms. The Labute approximate surface area is 259 Å². The molecular weight excluding hydrogens is 530 g/mol. The summed E-state index contributed by atoms with van der Waals surface area (Å²) in [4.78, 5) is 4.67. The van der Waals surface area contributed by atoms with E-state index in [1.54, 1.807) is 0 Å². The third-order valence-electron chi connectivity index (χ3n) is 8.38. The Bertz CT molecular complexity index is 2130. The van der Waals surface area contributed by atoms with Crippen molar-refractivity contribution in [2.24, 2.45) is 0 Å². The Morgan fingerprint density at radius 1 is 0.568 bits per heavy atom. The molecule has 0 atom stereocenters. The van der Waals surface area contributed by atoms with E-state index >= 15 is 0 Å². The van der Waals surface area contributed by atoms with E-state index in [4.69, 9.17) is 0 Å². The first-order valence-corrected chi connectivity index (χ1v) is 15.1. The van der Waals surface area contributed by atoms with Gasteiger partial charge in [-0.2, -0.15) is 0 Å². The molecular formula is C43H33N. The van der Waals surface area contributed by atoms with Gasteiger partial charge in [0.2, 0.25) is 0 Å². The lowest BCUT2D eigenvalue weighted by atomic mass is 9.84. The molecule has 0 N–H and O–H groups in total. The van der Waals surface area contributed by atoms with Crippen LogP contribution in [-0.2, 0) is 0 Å². The van der Waals surface area contributed by atoms with Crippen LogP contribution in [-0.4, -0.2) is 4.98 Å². The molecule has 0 fully saturated rings. The van der Waals surface area contributed by atoms with Crippen molar-refractivity contribution in [3.05, 3.63) is 175 Å². The third kappa shape index (κ3) is 5.25. The number of fused-ring (bicyclic) bond motifs is 2. The fourth-order valence-electron chi connectivity index (χ4n) is 6.22. The van der Waals surface area contributed by atoms with Crippen LogP contribution < -0.4 is 0 Å². The lowest BCUT2D eigenvalue weighted by Crippen LogP contribution is -1.93. The van der Waals surface area contributed by atoms with Crippen molar-refractivity contribution < 1.29 is 0 Å². The van der Waals surface area contributed by atoms with Crippen molar-refractivity contribution in [3.63, 3.8) is 0 Å². The van der Waals surface area contributed by atoms with Crippen molar-refractivity contribution in [2.75, 3.05) is 0 Å². The van der Waals surface area contributed by atoms with Gasteiger partial charge in [0.05, 0.1) is 5.69 Å². The molecule has 210 valence electrons. The molecule has 44 heavy (non-hydrogen) atoms. The van der Waals surface area contributed by atoms with Crippen molar-refractivity contribution >= 4 is 33.2 Å². The molecule has 0 saturated heterocycles. The van der Waals surface area contributed by atoms with Gasteiger partial charge in [-0.1, -0.05) is 140 Å². The third-order valence-corrected chi connectivity index (χ3v) is 8.38. The van der Waals surface area contributed by atoms with Gasteiger partial charge < -0.3 is 0 Å². The van der Waals surface area contributed by atoms with Gasteiger partial charge in [0.15, 0.2) is 0 Å². The molecule has 0 radical (unpaired) electrons. The van der Waals surface area contributed by atoms with Gasteiger partial charge in [-0.05, 0) is 98.1 Å². The number of benzene rings is 6. The first-order valence-electron chi connectivity index (χ1n) is 15.1. The highest BCUT2D eigenvalue weighted by Crippen LogP contribution is 2.45. The summed E-state index contributed by atoms with van der Waals surface area (Å²) >= 11 is 0. The standard InChI is InChI=1S/C43H33N/c1-30-26-27-44-41(28-30)34-19-13-20-35(29-34)42-37-22-8-10-24-39(37)43(40-25-11-9-23-38(40)42)36-21-7-6-17-33(36)18-12-14-31(2)32-15-4-3-5-16-32/h3-29H,1-2H3/b18-12-,31-14+. The average Bonchev–Trinajstić information content (AvgIpc) is 3.08. The average molecular weight is 564 g/mol. The fraction of sp³-hybridized carbons (Fsp3) is 0.0465. The summed E-state index contributed by atoms with van der Waals surface area (Å²) in [6.45, 7) is 4.28. The normalized spacial score (nSPS) is 11.9. The van der Waals surface area contributed by atoms with Crippen LogP contribution in [0.25, 0.3) is 66.7 Å². The van der Waals surface area contributed by atoms with E-state index in [0.717, 1.165) is 11.3 Å². The molecule has 0 aliphatic carbocycles. The van der Waals surface area contributed by atoms with Crippen LogP contribution in [0.3, 0.4) is 0 Å². The zero-order valence-electron chi connectivity index (χ0n) is 25.0. The zero-order chi connectivity index (χ0) is 29.9. The summed E-state index contributed by atoms with van der Waals surface area (Å²) in [6.07, 6.45) is 8.49. The molecule has 7 aromatic rings. The highest BCUT2D eigenvalue weighted by molar-refractivity contribution is 6.22. The second-order valence-electron chi connectivity index (χ2n) is 11.3. The molecule has 0 aliphatic heterocycles. The van der Waals surface area contributed by atoms with E-state index in [2.05, 4.69) is 171 Å². The molecule has 7 rings (SSSR count). The molecule has 1 aromatic heterocycles. The maximum Gasteiger partial charge on any atom is 0.0704 e. The predicted molar refractivity (Wildman–Crippen MR) is 189 cm³/mol. The maximum absolute atomic E-state index is 4.67. The molecule has 0 amide bonds. The molecule has 0 saturated carbocycles. The highest BCUT2D eigenvalue weighted by Gasteiger charge is 2.18. The smallest absolute Gasteiger partial charge is 0.0704 e. The monoisotopic (exact) mass is 563 g/mol. The van der Waals surface area contributed by atoms with Gasteiger partial charge in [0, 0.05) is 11.8 Å². The minimum absolute atomic E-state index is 0.995. The Balaban J connectivity index is 1.42. The largest absolute Gasteiger partial charge is 0.256 e. The number of hydrogen-bond acceptors (Lipinski definition) is 1. The van der Waals surface area contributed by atoms with E-state index in [1.165, 1.54) is 66.1 Å². The molecule has 0 aliphatic rings. The van der Waals surface area contributed by atoms with Crippen LogP contribution in [0.15, 0.2) is 158 Å². The van der Waals surface area contributed by atoms with Gasteiger partial charge in [-0.3, -0.25) is 4.98 Å². The molecule has 6 aromatic carbocycles. The summed E-state index contributed by atoms with van der Waals surface area (Å²) in [7, 11) is 0. The second kappa shape index (κ2) is 12.0. The SMILES string of the molecule is C/C(=C\C=C/c1ccccc1-c1c2ccccc2c(-c2cccc(-c3cc(C)ccn3)c2)c2ccccc12)c1ccccc1. The molecule has 0 unspecified atom stereocenters. The van der Waals surface area contributed by atoms with Crippen LogP contribution in [0.1, 0.15) is 23.6 Å². The molecule has 1 nitrogen and oxygen atoms in total. The Morgan fingerprint density at radius 2 is 1.18 bits per heavy atom. The first-order chi connectivity index (χ1) is 21.7. The molecule has 1 heteroatoms. The highest BCUT2D eigenvalue weighted by atomic mass is 14.7. The van der Waals surface area contributed by atoms with Crippen LogP contribution in [0.4, 0.5) is 0 Å². The lowest BCUT2D eigenvalue weighted by molar-refractivity contribution is 1.29. The van der Waals surface area contributed by atoms with Gasteiger partial charge in [0.1, 0.15) is 0 Å². The minimum Gasteiger partial charge on any atom is -0.256 e. The number of rotatable bonds is 6. The van der Waals surface area contributed by atoms with Gasteiger partial charge in [0.25, 0.3) is 0 Å². The quantitative estimate of drug-likeness (QED) is 0.145. The van der Waals surface area contributed by atoms with Crippen LogP contribution in [0.2, 0.25) is 0 Å². The Hall–Kier alpha value is -5.53. The maximum atomic E-state index is 4.67. The van der Waals surface area contributed by atoms with E-state index in [-0.39, 0.29) is 0 Å². The number of aromatic nitrogens is 1. The topological polar surface area (TPSA) is 12.9 Å². The van der Waals surface area contributed by atoms with Crippen LogP contribution in [0.5, 0.6) is 0 Å². The van der Waals surface area contributed by atoms with Gasteiger partial charge in [-0.15, -0.1) is 0 Å². The second-order valence-corrected chi connectivity index (χ2v) is 11.3. The summed E-state index contributed by atoms with van der Waals surface area (Å²) < 4.78 is 0. The van der Waals surface area contributed by atoms with Crippen molar-refractivity contribution in [2.45, 2.75) is 13.8 Å². The first kappa shape index (κ1) is 27.3. The van der Waals surface area contributed by atoms with Gasteiger partial charge >= 0.3 is 0 Å². The van der Waals surface area contributed by atoms with Crippen molar-refractivity contribution in [1.82, 2.24) is 4.98 Å². The van der Waals surface area contributed by atoms with Crippen molar-refractivity contribution in [1.29, 1.82) is 0 Å². The Morgan fingerprint density at radius 3 is 1.89 bits per heavy atom. The minimum atomic E-state index is 0.995. The number of allylic oxidation sites excluding steroid dienone is 3. The number of nitrogens with zero attached hydrogens (tertiary/aromatic N) is 1. The number of aryl methyl sites for hydroxylation is 1. The van der Waals surface area contributed by atoms with Gasteiger partial charge in [-0.25, -0.2) is 0 Å². The van der Waals surface area contributed by atoms with E-state index < -0.39 is 0 Å². The molecule has 1 heterocycles. The zero-order valence-corrected chi connectivity index (χ0v) is 25.0. The van der Waals surface area contributed by atoms with Crippen LogP contribution >= 0.6 is 0 Å². The summed E-state index contributed by atoms with van der Waals surface area (Å²) in [5.74, 6) is 0. The molecule has 0 bridgehead atoms. The lowest BCUT2D eigenvalue weighted by Gasteiger charge is -2.19. The number of hydrogen-bond donors (Lipinski definition) is 0. The predicted octanol–water partition coefficient (Wildman–Crippen LogP) is 11.8. The Kier molecular flexibility index (Phi) is 7.44. The summed E-state index contributed by atoms with van der Waals surface area (Å²) in [5.41, 5.74) is 11.9. The summed E-state index contributed by atoms with van der Waals surface area (Å²) in [5, 5.41) is 4.98. The van der Waals surface area contributed by atoms with E-state index in [9.17, 15) is 0 Å². The van der Waals surface area contributed by atoms with Crippen molar-refractivity contribution in [3.8, 4) is 33.5 Å².